The molecule has 2 aromatic rings. The summed E-state index contributed by atoms with van der Waals surface area (Å²) in [5.41, 5.74) is 5.21. The van der Waals surface area contributed by atoms with E-state index in [9.17, 15) is 23.1 Å². The second kappa shape index (κ2) is 18.0. The van der Waals surface area contributed by atoms with Crippen LogP contribution in [0, 0.1) is 5.92 Å². The highest BCUT2D eigenvalue weighted by atomic mass is 19.4. The van der Waals surface area contributed by atoms with Crippen LogP contribution in [0.4, 0.5) is 13.2 Å². The van der Waals surface area contributed by atoms with Gasteiger partial charge in [-0.25, -0.2) is 4.79 Å². The van der Waals surface area contributed by atoms with E-state index in [-0.39, 0.29) is 31.8 Å². The van der Waals surface area contributed by atoms with Gasteiger partial charge in [0.15, 0.2) is 11.5 Å². The largest absolute Gasteiger partial charge is 0.489 e. The molecule has 9 heteroatoms. The fourth-order valence-corrected chi connectivity index (χ4v) is 5.73. The van der Waals surface area contributed by atoms with E-state index in [0.717, 1.165) is 49.7 Å². The number of rotatable bonds is 18. The standard InChI is InChI=1S/C36H47F3O6/c1-4-28-21-30(29-10-8-27(9-11-29)7-5-6-17-36(37,38)39)12-14-32(28)31-13-15-33(34(22-31)43-18-16-25(2)23-40)44-19-20-45-35(42)26(3)24-41/h12-15,21-22,27,29,40-41H,2-11,16-20,23-24H2,1H3. The molecule has 1 fully saturated rings. The first-order valence-corrected chi connectivity index (χ1v) is 15.9. The highest BCUT2D eigenvalue weighted by Gasteiger charge is 2.27. The van der Waals surface area contributed by atoms with Gasteiger partial charge in [-0.2, -0.15) is 13.2 Å². The van der Waals surface area contributed by atoms with Crippen molar-refractivity contribution in [1.29, 1.82) is 0 Å². The fraction of sp³-hybridized carbons (Fsp3) is 0.528. The van der Waals surface area contributed by atoms with Gasteiger partial charge in [0.05, 0.1) is 25.4 Å². The quantitative estimate of drug-likeness (QED) is 0.0748. The molecule has 0 spiro atoms. The Labute approximate surface area is 264 Å². The van der Waals surface area contributed by atoms with Gasteiger partial charge < -0.3 is 24.4 Å². The average Bonchev–Trinajstić information content (AvgIpc) is 3.04. The van der Waals surface area contributed by atoms with E-state index in [2.05, 4.69) is 38.3 Å². The van der Waals surface area contributed by atoms with Crippen LogP contribution in [0.25, 0.3) is 11.1 Å². The zero-order chi connectivity index (χ0) is 32.8. The van der Waals surface area contributed by atoms with Gasteiger partial charge in [0.1, 0.15) is 13.2 Å². The van der Waals surface area contributed by atoms with Gasteiger partial charge in [-0.05, 0) is 90.3 Å². The van der Waals surface area contributed by atoms with Crippen LogP contribution in [0.5, 0.6) is 11.5 Å². The molecule has 0 bridgehead atoms. The highest BCUT2D eigenvalue weighted by molar-refractivity contribution is 5.87. The second-order valence-corrected chi connectivity index (χ2v) is 11.8. The van der Waals surface area contributed by atoms with Crippen LogP contribution in [0.15, 0.2) is 60.7 Å². The molecule has 2 aromatic carbocycles. The Morgan fingerprint density at radius 2 is 1.64 bits per heavy atom. The third kappa shape index (κ3) is 11.9. The summed E-state index contributed by atoms with van der Waals surface area (Å²) in [6.07, 6.45) is 2.54. The summed E-state index contributed by atoms with van der Waals surface area (Å²) in [5, 5.41) is 18.3. The van der Waals surface area contributed by atoms with Gasteiger partial charge in [-0.15, -0.1) is 0 Å². The van der Waals surface area contributed by atoms with Crippen molar-refractivity contribution in [2.75, 3.05) is 33.0 Å². The van der Waals surface area contributed by atoms with Crippen LogP contribution in [0.3, 0.4) is 0 Å². The normalized spacial score (nSPS) is 16.7. The Balaban J connectivity index is 1.67. The van der Waals surface area contributed by atoms with Crippen LogP contribution in [-0.4, -0.2) is 55.4 Å². The summed E-state index contributed by atoms with van der Waals surface area (Å²) >= 11 is 0. The molecular weight excluding hydrogens is 585 g/mol. The van der Waals surface area contributed by atoms with E-state index in [4.69, 9.17) is 19.3 Å². The van der Waals surface area contributed by atoms with Crippen LogP contribution < -0.4 is 9.47 Å². The summed E-state index contributed by atoms with van der Waals surface area (Å²) in [7, 11) is 0. The number of alkyl halides is 3. The molecule has 3 rings (SSSR count). The number of esters is 1. The minimum atomic E-state index is -4.06. The predicted molar refractivity (Wildman–Crippen MR) is 169 cm³/mol. The minimum Gasteiger partial charge on any atom is -0.489 e. The van der Waals surface area contributed by atoms with Gasteiger partial charge >= 0.3 is 12.1 Å². The molecule has 248 valence electrons. The maximum atomic E-state index is 12.4. The smallest absolute Gasteiger partial charge is 0.389 e. The van der Waals surface area contributed by atoms with Crippen LogP contribution in [-0.2, 0) is 16.0 Å². The topological polar surface area (TPSA) is 85.2 Å². The van der Waals surface area contributed by atoms with Gasteiger partial charge in [0.2, 0.25) is 0 Å². The Morgan fingerprint density at radius 1 is 0.911 bits per heavy atom. The number of carbonyl (C=O) groups excluding carboxylic acids is 1. The van der Waals surface area contributed by atoms with Crippen molar-refractivity contribution in [3.8, 4) is 22.6 Å². The monoisotopic (exact) mass is 632 g/mol. The van der Waals surface area contributed by atoms with E-state index in [1.54, 1.807) is 0 Å². The lowest BCUT2D eigenvalue weighted by molar-refractivity contribution is -0.140. The summed E-state index contributed by atoms with van der Waals surface area (Å²) in [5.74, 6) is 1.28. The molecule has 6 nitrogen and oxygen atoms in total. The summed E-state index contributed by atoms with van der Waals surface area (Å²) in [6.45, 7) is 9.15. The van der Waals surface area contributed by atoms with Crippen LogP contribution >= 0.6 is 0 Å². The van der Waals surface area contributed by atoms with E-state index in [1.807, 2.05) is 18.2 Å². The lowest BCUT2D eigenvalue weighted by atomic mass is 9.76. The Morgan fingerprint density at radius 3 is 2.31 bits per heavy atom. The van der Waals surface area contributed by atoms with Crippen molar-refractivity contribution in [3.05, 3.63) is 71.8 Å². The van der Waals surface area contributed by atoms with Crippen molar-refractivity contribution in [1.82, 2.24) is 0 Å². The van der Waals surface area contributed by atoms with E-state index in [0.29, 0.717) is 48.4 Å². The van der Waals surface area contributed by atoms with Gasteiger partial charge in [0, 0.05) is 12.8 Å². The lowest BCUT2D eigenvalue weighted by Crippen LogP contribution is -2.15. The zero-order valence-electron chi connectivity index (χ0n) is 26.3. The molecule has 45 heavy (non-hydrogen) atoms. The van der Waals surface area contributed by atoms with Gasteiger partial charge in [-0.3, -0.25) is 0 Å². The first-order chi connectivity index (χ1) is 21.5. The number of ether oxygens (including phenoxy) is 3. The third-order valence-electron chi connectivity index (χ3n) is 8.40. The molecule has 1 aliphatic carbocycles. The number of aliphatic hydroxyl groups excluding tert-OH is 2. The maximum Gasteiger partial charge on any atom is 0.389 e. The van der Waals surface area contributed by atoms with Crippen LogP contribution in [0.1, 0.15) is 81.8 Å². The second-order valence-electron chi connectivity index (χ2n) is 11.8. The van der Waals surface area contributed by atoms with E-state index in [1.165, 1.54) is 11.1 Å². The molecule has 0 heterocycles. The summed E-state index contributed by atoms with van der Waals surface area (Å²) in [6, 6.07) is 12.3. The molecule has 0 aliphatic heterocycles. The summed E-state index contributed by atoms with van der Waals surface area (Å²) in [4.78, 5) is 11.7. The van der Waals surface area contributed by atoms with Gasteiger partial charge in [-0.1, -0.05) is 57.2 Å². The molecule has 0 atom stereocenters. The zero-order valence-corrected chi connectivity index (χ0v) is 26.3. The molecule has 2 N–H and O–H groups in total. The number of halogens is 3. The Hall–Kier alpha value is -3.30. The van der Waals surface area contributed by atoms with Crippen molar-refractivity contribution in [3.63, 3.8) is 0 Å². The molecule has 1 aliphatic rings. The number of hydrogen-bond donors (Lipinski definition) is 2. The number of aliphatic hydroxyl groups is 2. The molecule has 0 radical (unpaired) electrons. The first kappa shape index (κ1) is 36.2. The van der Waals surface area contributed by atoms with E-state index >= 15 is 0 Å². The molecule has 0 unspecified atom stereocenters. The first-order valence-electron chi connectivity index (χ1n) is 15.9. The third-order valence-corrected chi connectivity index (χ3v) is 8.40. The number of unbranched alkanes of at least 4 members (excludes halogenated alkanes) is 1. The SMILES string of the molecule is C=C(CO)CCOc1cc(-c2ccc(C3CCC(CCCCC(F)(F)F)CC3)cc2CC)ccc1OCCOC(=O)C(=C)CO. The molecule has 0 aromatic heterocycles. The lowest BCUT2D eigenvalue weighted by Gasteiger charge is -2.29. The van der Waals surface area contributed by atoms with Crippen molar-refractivity contribution < 1.29 is 42.4 Å². The number of aryl methyl sites for hydroxylation is 1. The van der Waals surface area contributed by atoms with Crippen LogP contribution in [0.2, 0.25) is 0 Å². The van der Waals surface area contributed by atoms with Gasteiger partial charge in [0.25, 0.3) is 0 Å². The highest BCUT2D eigenvalue weighted by Crippen LogP contribution is 2.40. The fourth-order valence-electron chi connectivity index (χ4n) is 5.73. The molecule has 0 saturated heterocycles. The Kier molecular flexibility index (Phi) is 14.5. The Bertz CT molecular complexity index is 1260. The average molecular weight is 633 g/mol. The van der Waals surface area contributed by atoms with Crippen molar-refractivity contribution >= 4 is 5.97 Å². The summed E-state index contributed by atoms with van der Waals surface area (Å²) < 4.78 is 54.3. The number of hydrogen-bond acceptors (Lipinski definition) is 6. The molecular formula is C36H47F3O6. The maximum absolute atomic E-state index is 12.4. The minimum absolute atomic E-state index is 0.0260. The predicted octanol–water partition coefficient (Wildman–Crippen LogP) is 8.10. The van der Waals surface area contributed by atoms with E-state index < -0.39 is 25.2 Å². The number of benzene rings is 2. The van der Waals surface area contributed by atoms with Crippen molar-refractivity contribution in [2.24, 2.45) is 5.92 Å². The van der Waals surface area contributed by atoms with Crippen molar-refractivity contribution in [2.45, 2.75) is 83.2 Å². The molecule has 0 amide bonds. The number of carbonyl (C=O) groups is 1. The molecule has 1 saturated carbocycles.